The van der Waals surface area contributed by atoms with Gasteiger partial charge in [0.2, 0.25) is 10.0 Å². The van der Waals surface area contributed by atoms with Gasteiger partial charge in [0.15, 0.2) is 0 Å². The molecule has 0 unspecified atom stereocenters. The highest BCUT2D eigenvalue weighted by Gasteiger charge is 2.11. The van der Waals surface area contributed by atoms with Gasteiger partial charge in [0.1, 0.15) is 0 Å². The number of hydrogen-bond donors (Lipinski definition) is 2. The molecule has 0 saturated carbocycles. The molecule has 1 saturated heterocycles. The molecule has 6 nitrogen and oxygen atoms in total. The quantitative estimate of drug-likeness (QED) is 0.576. The monoisotopic (exact) mass is 250 g/mol. The molecular weight excluding hydrogens is 228 g/mol. The van der Waals surface area contributed by atoms with Gasteiger partial charge in [-0.25, -0.2) is 13.6 Å². The van der Waals surface area contributed by atoms with Crippen molar-refractivity contribution in [3.63, 3.8) is 0 Å². The topological polar surface area (TPSA) is 78.7 Å². The van der Waals surface area contributed by atoms with E-state index < -0.39 is 10.0 Å². The SMILES string of the molecule is CN(CCN1CCNCC1)CCS(N)(=O)=O. The van der Waals surface area contributed by atoms with Crippen LogP contribution >= 0.6 is 0 Å². The highest BCUT2D eigenvalue weighted by atomic mass is 32.2. The van der Waals surface area contributed by atoms with E-state index in [0.717, 1.165) is 39.3 Å². The van der Waals surface area contributed by atoms with Gasteiger partial charge in [0.25, 0.3) is 0 Å². The summed E-state index contributed by atoms with van der Waals surface area (Å²) in [5.74, 6) is 0.0328. The summed E-state index contributed by atoms with van der Waals surface area (Å²) in [6.07, 6.45) is 0. The largest absolute Gasteiger partial charge is 0.314 e. The van der Waals surface area contributed by atoms with Crippen molar-refractivity contribution in [2.75, 3.05) is 58.6 Å². The number of nitrogens with one attached hydrogen (secondary N) is 1. The summed E-state index contributed by atoms with van der Waals surface area (Å²) in [6, 6.07) is 0. The Kier molecular flexibility index (Phi) is 5.63. The fourth-order valence-corrected chi connectivity index (χ4v) is 2.21. The summed E-state index contributed by atoms with van der Waals surface area (Å²) >= 11 is 0. The van der Waals surface area contributed by atoms with Crippen molar-refractivity contribution >= 4 is 10.0 Å². The van der Waals surface area contributed by atoms with Gasteiger partial charge < -0.3 is 10.2 Å². The van der Waals surface area contributed by atoms with Crippen LogP contribution in [0.4, 0.5) is 0 Å². The zero-order chi connectivity index (χ0) is 12.0. The zero-order valence-electron chi connectivity index (χ0n) is 9.85. The Hall–Kier alpha value is -0.210. The fourth-order valence-electron chi connectivity index (χ4n) is 1.64. The number of sulfonamides is 1. The minimum absolute atomic E-state index is 0.0328. The van der Waals surface area contributed by atoms with Crippen molar-refractivity contribution in [1.82, 2.24) is 15.1 Å². The summed E-state index contributed by atoms with van der Waals surface area (Å²) in [5.41, 5.74) is 0. The van der Waals surface area contributed by atoms with E-state index in [1.807, 2.05) is 11.9 Å². The van der Waals surface area contributed by atoms with Gasteiger partial charge in [-0.1, -0.05) is 0 Å². The highest BCUT2D eigenvalue weighted by molar-refractivity contribution is 7.89. The van der Waals surface area contributed by atoms with Crippen LogP contribution in [0.2, 0.25) is 0 Å². The lowest BCUT2D eigenvalue weighted by Gasteiger charge is -2.28. The van der Waals surface area contributed by atoms with Crippen LogP contribution in [0.25, 0.3) is 0 Å². The van der Waals surface area contributed by atoms with Crippen LogP contribution in [0.1, 0.15) is 0 Å². The van der Waals surface area contributed by atoms with Gasteiger partial charge in [-0.3, -0.25) is 4.90 Å². The van der Waals surface area contributed by atoms with Crippen molar-refractivity contribution in [2.45, 2.75) is 0 Å². The molecule has 1 fully saturated rings. The maximum Gasteiger partial charge on any atom is 0.210 e. The number of hydrogen-bond acceptors (Lipinski definition) is 5. The van der Waals surface area contributed by atoms with Crippen LogP contribution < -0.4 is 10.5 Å². The van der Waals surface area contributed by atoms with E-state index in [0.29, 0.717) is 6.54 Å². The number of nitrogens with two attached hydrogens (primary N) is 1. The van der Waals surface area contributed by atoms with Gasteiger partial charge in [-0.05, 0) is 7.05 Å². The second-order valence-electron chi connectivity index (χ2n) is 4.26. The van der Waals surface area contributed by atoms with E-state index >= 15 is 0 Å². The molecule has 3 N–H and O–H groups in total. The molecule has 96 valence electrons. The van der Waals surface area contributed by atoms with Gasteiger partial charge in [-0.2, -0.15) is 0 Å². The van der Waals surface area contributed by atoms with Crippen LogP contribution in [0.3, 0.4) is 0 Å². The lowest BCUT2D eigenvalue weighted by atomic mass is 10.3. The van der Waals surface area contributed by atoms with E-state index in [1.54, 1.807) is 0 Å². The summed E-state index contributed by atoms with van der Waals surface area (Å²) in [5, 5.41) is 8.25. The summed E-state index contributed by atoms with van der Waals surface area (Å²) in [7, 11) is -1.40. The smallest absolute Gasteiger partial charge is 0.210 e. The zero-order valence-corrected chi connectivity index (χ0v) is 10.7. The molecule has 1 heterocycles. The Balaban J connectivity index is 2.11. The van der Waals surface area contributed by atoms with Crippen LogP contribution in [0, 0.1) is 0 Å². The molecule has 7 heteroatoms. The van der Waals surface area contributed by atoms with E-state index in [9.17, 15) is 8.42 Å². The predicted molar refractivity (Wildman–Crippen MR) is 64.8 cm³/mol. The van der Waals surface area contributed by atoms with Crippen LogP contribution in [-0.2, 0) is 10.0 Å². The first kappa shape index (κ1) is 13.9. The normalized spacial score (nSPS) is 19.2. The summed E-state index contributed by atoms with van der Waals surface area (Å²) in [6.45, 7) is 6.61. The van der Waals surface area contributed by atoms with Crippen LogP contribution in [-0.4, -0.2) is 76.8 Å². The number of primary sulfonamides is 1. The first-order valence-electron chi connectivity index (χ1n) is 5.59. The molecule has 1 rings (SSSR count). The molecule has 0 aromatic rings. The Morgan fingerprint density at radius 1 is 1.31 bits per heavy atom. The second kappa shape index (κ2) is 6.51. The average molecular weight is 250 g/mol. The number of piperazine rings is 1. The molecule has 16 heavy (non-hydrogen) atoms. The maximum absolute atomic E-state index is 10.8. The van der Waals surface area contributed by atoms with Gasteiger partial charge >= 0.3 is 0 Å². The Morgan fingerprint density at radius 3 is 2.50 bits per heavy atom. The number of likely N-dealkylation sites (N-methyl/N-ethyl adjacent to an activating group) is 1. The fraction of sp³-hybridized carbons (Fsp3) is 1.00. The molecule has 0 atom stereocenters. The maximum atomic E-state index is 10.8. The van der Waals surface area contributed by atoms with Crippen molar-refractivity contribution in [3.8, 4) is 0 Å². The summed E-state index contributed by atoms with van der Waals surface area (Å²) < 4.78 is 21.5. The number of rotatable bonds is 6. The molecule has 0 aliphatic carbocycles. The molecule has 0 aromatic heterocycles. The summed E-state index contributed by atoms with van der Waals surface area (Å²) in [4.78, 5) is 4.39. The second-order valence-corrected chi connectivity index (χ2v) is 6.00. The molecule has 1 aliphatic heterocycles. The third-order valence-corrected chi connectivity index (χ3v) is 3.52. The van der Waals surface area contributed by atoms with Crippen LogP contribution in [0.15, 0.2) is 0 Å². The van der Waals surface area contributed by atoms with Gasteiger partial charge in [-0.15, -0.1) is 0 Å². The molecule has 1 aliphatic rings. The lowest BCUT2D eigenvalue weighted by molar-refractivity contribution is 0.208. The van der Waals surface area contributed by atoms with Crippen molar-refractivity contribution in [3.05, 3.63) is 0 Å². The van der Waals surface area contributed by atoms with E-state index in [1.165, 1.54) is 0 Å². The third-order valence-electron chi connectivity index (χ3n) is 2.77. The average Bonchev–Trinajstić information content (AvgIpc) is 2.24. The predicted octanol–water partition coefficient (Wildman–Crippen LogP) is -1.89. The van der Waals surface area contributed by atoms with E-state index in [-0.39, 0.29) is 5.75 Å². The molecule has 0 radical (unpaired) electrons. The molecule has 0 amide bonds. The Bertz CT molecular complexity index is 288. The number of nitrogens with zero attached hydrogens (tertiary/aromatic N) is 2. The molecule has 0 aromatic carbocycles. The first-order valence-corrected chi connectivity index (χ1v) is 7.31. The van der Waals surface area contributed by atoms with E-state index in [4.69, 9.17) is 5.14 Å². The Morgan fingerprint density at radius 2 is 1.94 bits per heavy atom. The van der Waals surface area contributed by atoms with Crippen molar-refractivity contribution < 1.29 is 8.42 Å². The molecule has 0 bridgehead atoms. The van der Waals surface area contributed by atoms with Crippen molar-refractivity contribution in [1.29, 1.82) is 0 Å². The van der Waals surface area contributed by atoms with Gasteiger partial charge in [0, 0.05) is 45.8 Å². The van der Waals surface area contributed by atoms with E-state index in [2.05, 4.69) is 10.2 Å². The Labute approximate surface area is 97.8 Å². The molecular formula is C9H22N4O2S. The standard InChI is InChI=1S/C9H22N4O2S/c1-12(8-9-16(10,14)15)6-7-13-4-2-11-3-5-13/h11H,2-9H2,1H3,(H2,10,14,15). The minimum Gasteiger partial charge on any atom is -0.314 e. The first-order chi connectivity index (χ1) is 7.47. The minimum atomic E-state index is -3.33. The molecule has 0 spiro atoms. The van der Waals surface area contributed by atoms with Gasteiger partial charge in [0.05, 0.1) is 5.75 Å². The lowest BCUT2D eigenvalue weighted by Crippen LogP contribution is -2.46. The highest BCUT2D eigenvalue weighted by Crippen LogP contribution is 1.93. The van der Waals surface area contributed by atoms with Crippen molar-refractivity contribution in [2.24, 2.45) is 5.14 Å². The van der Waals surface area contributed by atoms with Crippen LogP contribution in [0.5, 0.6) is 0 Å². The third kappa shape index (κ3) is 6.39.